The Morgan fingerprint density at radius 1 is 1.00 bits per heavy atom. The predicted octanol–water partition coefficient (Wildman–Crippen LogP) is 3.45. The van der Waals surface area contributed by atoms with E-state index in [-0.39, 0.29) is 12.0 Å². The van der Waals surface area contributed by atoms with E-state index in [0.29, 0.717) is 6.04 Å². The van der Waals surface area contributed by atoms with Gasteiger partial charge in [0.1, 0.15) is 0 Å². The highest BCUT2D eigenvalue weighted by molar-refractivity contribution is 5.22. The van der Waals surface area contributed by atoms with E-state index in [4.69, 9.17) is 0 Å². The van der Waals surface area contributed by atoms with Crippen molar-refractivity contribution in [3.05, 3.63) is 35.4 Å². The Hall–Kier alpha value is -0.960. The molecule has 0 saturated heterocycles. The van der Waals surface area contributed by atoms with Crippen molar-refractivity contribution in [3.8, 4) is 0 Å². The third-order valence-electron chi connectivity index (χ3n) is 2.82. The van der Waals surface area contributed by atoms with Crippen molar-refractivity contribution >= 4 is 0 Å². The molecule has 0 saturated carbocycles. The van der Waals surface area contributed by atoms with Gasteiger partial charge in [0.2, 0.25) is 0 Å². The highest BCUT2D eigenvalue weighted by Crippen LogP contribution is 2.21. The molecule has 1 N–H and O–H groups in total. The molecular weight excluding hydrogens is 208 g/mol. The topological polar surface area (TPSA) is 12.0 Å². The number of nitrogens with one attached hydrogen (secondary N) is 1. The van der Waals surface area contributed by atoms with Crippen LogP contribution >= 0.6 is 0 Å². The summed E-state index contributed by atoms with van der Waals surface area (Å²) < 4.78 is 25.9. The molecule has 1 aromatic carbocycles. The first-order valence-electron chi connectivity index (χ1n) is 5.62. The van der Waals surface area contributed by atoms with Crippen LogP contribution in [-0.2, 0) is 0 Å². The van der Waals surface area contributed by atoms with Gasteiger partial charge in [-0.05, 0) is 30.5 Å². The minimum atomic E-state index is -0.791. The molecule has 0 bridgehead atoms. The molecular formula is C13H19F2N. The smallest absolute Gasteiger partial charge is 0.159 e. The second-order valence-electron chi connectivity index (χ2n) is 4.57. The Balaban J connectivity index is 2.79. The van der Waals surface area contributed by atoms with Crippen molar-refractivity contribution in [2.45, 2.75) is 45.7 Å². The molecule has 1 rings (SSSR count). The zero-order valence-corrected chi connectivity index (χ0v) is 10.2. The Morgan fingerprint density at radius 3 is 2.12 bits per heavy atom. The van der Waals surface area contributed by atoms with Crippen LogP contribution in [0.4, 0.5) is 8.78 Å². The van der Waals surface area contributed by atoms with Crippen molar-refractivity contribution < 1.29 is 8.78 Å². The maximum atomic E-state index is 13.1. The van der Waals surface area contributed by atoms with E-state index in [2.05, 4.69) is 19.2 Å². The summed E-state index contributed by atoms with van der Waals surface area (Å²) in [5.74, 6) is -1.42. The molecule has 2 unspecified atom stereocenters. The van der Waals surface area contributed by atoms with Crippen LogP contribution < -0.4 is 5.32 Å². The van der Waals surface area contributed by atoms with Crippen LogP contribution in [0.3, 0.4) is 0 Å². The van der Waals surface area contributed by atoms with Gasteiger partial charge in [-0.25, -0.2) is 8.78 Å². The van der Waals surface area contributed by atoms with Crippen molar-refractivity contribution in [1.29, 1.82) is 0 Å². The molecule has 0 spiro atoms. The van der Waals surface area contributed by atoms with E-state index in [0.717, 1.165) is 5.56 Å². The Morgan fingerprint density at radius 2 is 1.62 bits per heavy atom. The van der Waals surface area contributed by atoms with Crippen LogP contribution in [0.1, 0.15) is 39.2 Å². The molecule has 1 aromatic rings. The number of halogens is 2. The summed E-state index contributed by atoms with van der Waals surface area (Å²) in [5, 5.41) is 3.36. The number of hydrogen-bond donors (Lipinski definition) is 1. The van der Waals surface area contributed by atoms with Gasteiger partial charge in [-0.3, -0.25) is 0 Å². The monoisotopic (exact) mass is 227 g/mol. The molecule has 0 aromatic heterocycles. The second kappa shape index (κ2) is 5.39. The van der Waals surface area contributed by atoms with Gasteiger partial charge in [0, 0.05) is 12.1 Å². The summed E-state index contributed by atoms with van der Waals surface area (Å²) in [5.41, 5.74) is 0.819. The third-order valence-corrected chi connectivity index (χ3v) is 2.82. The third kappa shape index (κ3) is 3.27. The van der Waals surface area contributed by atoms with E-state index in [1.165, 1.54) is 12.1 Å². The van der Waals surface area contributed by atoms with Crippen molar-refractivity contribution in [2.75, 3.05) is 0 Å². The molecule has 0 amide bonds. The van der Waals surface area contributed by atoms with E-state index >= 15 is 0 Å². The first-order chi connectivity index (χ1) is 7.41. The molecule has 0 radical (unpaired) electrons. The number of rotatable bonds is 4. The zero-order valence-electron chi connectivity index (χ0n) is 10.2. The fraction of sp³-hybridized carbons (Fsp3) is 0.538. The Bertz CT molecular complexity index is 350. The lowest BCUT2D eigenvalue weighted by Crippen LogP contribution is -2.36. The standard InChI is InChI=1S/C13H19F2N/c1-8(2)16-10(4)9(3)11-5-6-12(14)13(15)7-11/h5-10,16H,1-4H3. The van der Waals surface area contributed by atoms with Crippen molar-refractivity contribution in [3.63, 3.8) is 0 Å². The van der Waals surface area contributed by atoms with Crippen molar-refractivity contribution in [2.24, 2.45) is 0 Å². The molecule has 90 valence electrons. The van der Waals surface area contributed by atoms with E-state index in [1.54, 1.807) is 6.07 Å². The SMILES string of the molecule is CC(C)NC(C)C(C)c1ccc(F)c(F)c1. The Kier molecular flexibility index (Phi) is 4.42. The largest absolute Gasteiger partial charge is 0.311 e. The summed E-state index contributed by atoms with van der Waals surface area (Å²) in [7, 11) is 0. The van der Waals surface area contributed by atoms with E-state index in [9.17, 15) is 8.78 Å². The molecule has 16 heavy (non-hydrogen) atoms. The van der Waals surface area contributed by atoms with E-state index < -0.39 is 11.6 Å². The van der Waals surface area contributed by atoms with Gasteiger partial charge in [0.25, 0.3) is 0 Å². The quantitative estimate of drug-likeness (QED) is 0.830. The van der Waals surface area contributed by atoms with Gasteiger partial charge >= 0.3 is 0 Å². The lowest BCUT2D eigenvalue weighted by molar-refractivity contribution is 0.436. The van der Waals surface area contributed by atoms with Gasteiger partial charge in [0.15, 0.2) is 11.6 Å². The highest BCUT2D eigenvalue weighted by atomic mass is 19.2. The normalized spacial score (nSPS) is 15.2. The first kappa shape index (κ1) is 13.1. The molecule has 0 fully saturated rings. The fourth-order valence-corrected chi connectivity index (χ4v) is 1.75. The number of hydrogen-bond acceptors (Lipinski definition) is 1. The molecule has 0 aliphatic rings. The molecule has 0 aliphatic carbocycles. The van der Waals surface area contributed by atoms with Gasteiger partial charge in [-0.2, -0.15) is 0 Å². The van der Waals surface area contributed by atoms with Crippen molar-refractivity contribution in [1.82, 2.24) is 5.32 Å². The minimum Gasteiger partial charge on any atom is -0.311 e. The Labute approximate surface area is 95.9 Å². The summed E-state index contributed by atoms with van der Waals surface area (Å²) in [6.07, 6.45) is 0. The average molecular weight is 227 g/mol. The molecule has 0 aliphatic heterocycles. The molecule has 3 heteroatoms. The average Bonchev–Trinajstić information content (AvgIpc) is 2.20. The van der Waals surface area contributed by atoms with Gasteiger partial charge in [-0.15, -0.1) is 0 Å². The van der Waals surface area contributed by atoms with Crippen LogP contribution in [0.15, 0.2) is 18.2 Å². The van der Waals surface area contributed by atoms with E-state index in [1.807, 2.05) is 13.8 Å². The summed E-state index contributed by atoms with van der Waals surface area (Å²) in [6.45, 7) is 8.18. The molecule has 1 nitrogen and oxygen atoms in total. The fourth-order valence-electron chi connectivity index (χ4n) is 1.75. The zero-order chi connectivity index (χ0) is 12.3. The lowest BCUT2D eigenvalue weighted by Gasteiger charge is -2.24. The van der Waals surface area contributed by atoms with Crippen LogP contribution in [0.25, 0.3) is 0 Å². The van der Waals surface area contributed by atoms with Crippen LogP contribution in [0.5, 0.6) is 0 Å². The summed E-state index contributed by atoms with van der Waals surface area (Å²) in [6, 6.07) is 4.70. The summed E-state index contributed by atoms with van der Waals surface area (Å²) >= 11 is 0. The summed E-state index contributed by atoms with van der Waals surface area (Å²) in [4.78, 5) is 0. The van der Waals surface area contributed by atoms with Crippen LogP contribution in [0.2, 0.25) is 0 Å². The molecule has 0 heterocycles. The lowest BCUT2D eigenvalue weighted by atomic mass is 9.94. The minimum absolute atomic E-state index is 0.150. The first-order valence-corrected chi connectivity index (χ1v) is 5.62. The van der Waals surface area contributed by atoms with Gasteiger partial charge in [-0.1, -0.05) is 26.8 Å². The predicted molar refractivity (Wildman–Crippen MR) is 62.5 cm³/mol. The maximum Gasteiger partial charge on any atom is 0.159 e. The highest BCUT2D eigenvalue weighted by Gasteiger charge is 2.16. The van der Waals surface area contributed by atoms with Crippen LogP contribution in [0, 0.1) is 11.6 Å². The van der Waals surface area contributed by atoms with Gasteiger partial charge in [0.05, 0.1) is 0 Å². The maximum absolute atomic E-state index is 13.1. The second-order valence-corrected chi connectivity index (χ2v) is 4.57. The van der Waals surface area contributed by atoms with Gasteiger partial charge < -0.3 is 5.32 Å². The van der Waals surface area contributed by atoms with Crippen LogP contribution in [-0.4, -0.2) is 12.1 Å². The molecule has 2 atom stereocenters. The number of benzene rings is 1.